The lowest BCUT2D eigenvalue weighted by Crippen LogP contribution is -2.21. The van der Waals surface area contributed by atoms with E-state index in [1.807, 2.05) is 42.5 Å². The van der Waals surface area contributed by atoms with E-state index in [1.54, 1.807) is 17.0 Å². The molecule has 0 atom stereocenters. The largest absolute Gasteiger partial charge is 0.326 e. The Morgan fingerprint density at radius 1 is 1.16 bits per heavy atom. The van der Waals surface area contributed by atoms with Crippen molar-refractivity contribution < 1.29 is 4.79 Å². The number of nitrogens with zero attached hydrogens (tertiary/aromatic N) is 2. The van der Waals surface area contributed by atoms with E-state index < -0.39 is 0 Å². The summed E-state index contributed by atoms with van der Waals surface area (Å²) in [6, 6.07) is 15.1. The lowest BCUT2D eigenvalue weighted by molar-refractivity contribution is -0.116. The molecule has 3 rings (SSSR count). The number of para-hydroxylation sites is 1. The molecule has 25 heavy (non-hydrogen) atoms. The first kappa shape index (κ1) is 16.9. The molecule has 0 spiro atoms. The fraction of sp³-hybridized carbons (Fsp3) is 0.250. The Morgan fingerprint density at radius 3 is 2.84 bits per heavy atom. The van der Waals surface area contributed by atoms with Gasteiger partial charge in [-0.1, -0.05) is 31.2 Å². The summed E-state index contributed by atoms with van der Waals surface area (Å²) in [6.07, 6.45) is 3.42. The van der Waals surface area contributed by atoms with Crippen molar-refractivity contribution >= 4 is 22.5 Å². The van der Waals surface area contributed by atoms with Gasteiger partial charge < -0.3 is 5.32 Å². The number of amides is 1. The maximum atomic E-state index is 12.4. The van der Waals surface area contributed by atoms with E-state index in [9.17, 15) is 9.59 Å². The molecular weight excluding hydrogens is 314 g/mol. The van der Waals surface area contributed by atoms with Crippen LogP contribution in [0.4, 0.5) is 5.69 Å². The minimum absolute atomic E-state index is 0.0462. The molecule has 0 aliphatic carbocycles. The highest BCUT2D eigenvalue weighted by atomic mass is 16.1. The highest BCUT2D eigenvalue weighted by Crippen LogP contribution is 2.12. The van der Waals surface area contributed by atoms with Gasteiger partial charge in [-0.3, -0.25) is 14.2 Å². The number of benzene rings is 2. The molecule has 0 aliphatic rings. The summed E-state index contributed by atoms with van der Waals surface area (Å²) in [4.78, 5) is 28.8. The van der Waals surface area contributed by atoms with Crippen LogP contribution < -0.4 is 10.9 Å². The number of hydrogen-bond donors (Lipinski definition) is 1. The maximum Gasteiger partial charge on any atom is 0.261 e. The molecule has 0 aliphatic heterocycles. The normalized spacial score (nSPS) is 10.8. The quantitative estimate of drug-likeness (QED) is 0.751. The number of hydrogen-bond acceptors (Lipinski definition) is 3. The zero-order valence-corrected chi connectivity index (χ0v) is 14.2. The van der Waals surface area contributed by atoms with Crippen molar-refractivity contribution in [3.63, 3.8) is 0 Å². The molecule has 5 heteroatoms. The van der Waals surface area contributed by atoms with Gasteiger partial charge in [-0.15, -0.1) is 0 Å². The van der Waals surface area contributed by atoms with Gasteiger partial charge in [0.15, 0.2) is 0 Å². The van der Waals surface area contributed by atoms with Crippen LogP contribution >= 0.6 is 0 Å². The SMILES string of the molecule is CCc1cccc(NC(=O)CCCn2cnc3ccccc3c2=O)c1. The molecule has 0 bridgehead atoms. The van der Waals surface area contributed by atoms with Crippen molar-refractivity contribution in [3.8, 4) is 0 Å². The van der Waals surface area contributed by atoms with E-state index in [2.05, 4.69) is 17.2 Å². The summed E-state index contributed by atoms with van der Waals surface area (Å²) in [5.41, 5.74) is 2.62. The standard InChI is InChI=1S/C20H21N3O2/c1-2-15-7-5-8-16(13-15)22-19(24)11-6-12-23-14-21-18-10-4-3-9-17(18)20(23)25/h3-5,7-10,13-14H,2,6,11-12H2,1H3,(H,22,24). The number of carbonyl (C=O) groups is 1. The summed E-state index contributed by atoms with van der Waals surface area (Å²) < 4.78 is 1.56. The van der Waals surface area contributed by atoms with Crippen LogP contribution in [0.15, 0.2) is 59.7 Å². The summed E-state index contributed by atoms with van der Waals surface area (Å²) in [5.74, 6) is -0.0462. The Morgan fingerprint density at radius 2 is 2.00 bits per heavy atom. The van der Waals surface area contributed by atoms with E-state index in [1.165, 1.54) is 5.56 Å². The minimum atomic E-state index is -0.0679. The smallest absolute Gasteiger partial charge is 0.261 e. The average molecular weight is 335 g/mol. The predicted molar refractivity (Wildman–Crippen MR) is 99.7 cm³/mol. The van der Waals surface area contributed by atoms with E-state index in [4.69, 9.17) is 0 Å². The first-order valence-electron chi connectivity index (χ1n) is 8.50. The molecule has 1 N–H and O–H groups in total. The molecule has 0 saturated heterocycles. The lowest BCUT2D eigenvalue weighted by Gasteiger charge is -2.08. The molecule has 1 amide bonds. The first-order valence-corrected chi connectivity index (χ1v) is 8.50. The second-order valence-electron chi connectivity index (χ2n) is 5.97. The van der Waals surface area contributed by atoms with Crippen molar-refractivity contribution in [2.24, 2.45) is 0 Å². The zero-order valence-electron chi connectivity index (χ0n) is 14.2. The molecule has 0 saturated carbocycles. The molecule has 2 aromatic carbocycles. The second-order valence-corrected chi connectivity index (χ2v) is 5.97. The third-order valence-corrected chi connectivity index (χ3v) is 4.15. The third kappa shape index (κ3) is 4.12. The summed E-state index contributed by atoms with van der Waals surface area (Å²) in [6.45, 7) is 2.55. The van der Waals surface area contributed by atoms with Gasteiger partial charge in [0.2, 0.25) is 5.91 Å². The number of rotatable bonds is 6. The highest BCUT2D eigenvalue weighted by Gasteiger charge is 2.06. The topological polar surface area (TPSA) is 64.0 Å². The summed E-state index contributed by atoms with van der Waals surface area (Å²) in [7, 11) is 0. The molecule has 0 fully saturated rings. The van der Waals surface area contributed by atoms with Crippen LogP contribution in [-0.2, 0) is 17.8 Å². The van der Waals surface area contributed by atoms with Crippen LogP contribution in [0.5, 0.6) is 0 Å². The molecule has 0 unspecified atom stereocenters. The number of nitrogens with one attached hydrogen (secondary N) is 1. The molecule has 1 heterocycles. The second kappa shape index (κ2) is 7.75. The first-order chi connectivity index (χ1) is 12.2. The van der Waals surface area contributed by atoms with Crippen LogP contribution in [0.25, 0.3) is 10.9 Å². The van der Waals surface area contributed by atoms with Crippen molar-refractivity contribution in [2.45, 2.75) is 32.7 Å². The van der Waals surface area contributed by atoms with Crippen LogP contribution in [0.2, 0.25) is 0 Å². The van der Waals surface area contributed by atoms with Crippen LogP contribution in [0, 0.1) is 0 Å². The van der Waals surface area contributed by atoms with E-state index in [0.29, 0.717) is 30.3 Å². The minimum Gasteiger partial charge on any atom is -0.326 e. The molecular formula is C20H21N3O2. The van der Waals surface area contributed by atoms with Crippen molar-refractivity contribution in [2.75, 3.05) is 5.32 Å². The van der Waals surface area contributed by atoms with Gasteiger partial charge in [0.05, 0.1) is 17.2 Å². The Balaban J connectivity index is 1.58. The average Bonchev–Trinajstić information content (AvgIpc) is 2.64. The van der Waals surface area contributed by atoms with Gasteiger partial charge in [0, 0.05) is 18.7 Å². The summed E-state index contributed by atoms with van der Waals surface area (Å²) >= 11 is 0. The van der Waals surface area contributed by atoms with Gasteiger partial charge in [0.1, 0.15) is 0 Å². The van der Waals surface area contributed by atoms with E-state index >= 15 is 0 Å². The molecule has 5 nitrogen and oxygen atoms in total. The Kier molecular flexibility index (Phi) is 5.23. The third-order valence-electron chi connectivity index (χ3n) is 4.15. The number of aryl methyl sites for hydroxylation is 2. The van der Waals surface area contributed by atoms with Gasteiger partial charge in [-0.05, 0) is 42.7 Å². The fourth-order valence-electron chi connectivity index (χ4n) is 2.77. The van der Waals surface area contributed by atoms with Gasteiger partial charge in [0.25, 0.3) is 5.56 Å². The Bertz CT molecular complexity index is 947. The van der Waals surface area contributed by atoms with E-state index in [-0.39, 0.29) is 11.5 Å². The Hall–Kier alpha value is -2.95. The number of aromatic nitrogens is 2. The van der Waals surface area contributed by atoms with Crippen LogP contribution in [-0.4, -0.2) is 15.5 Å². The molecule has 128 valence electrons. The fourth-order valence-corrected chi connectivity index (χ4v) is 2.77. The maximum absolute atomic E-state index is 12.4. The summed E-state index contributed by atoms with van der Waals surface area (Å²) in [5, 5.41) is 3.51. The molecule has 3 aromatic rings. The number of carbonyl (C=O) groups excluding carboxylic acids is 1. The van der Waals surface area contributed by atoms with E-state index in [0.717, 1.165) is 12.1 Å². The zero-order chi connectivity index (χ0) is 17.6. The van der Waals surface area contributed by atoms with Crippen molar-refractivity contribution in [1.82, 2.24) is 9.55 Å². The number of anilines is 1. The number of fused-ring (bicyclic) bond motifs is 1. The van der Waals surface area contributed by atoms with Crippen LogP contribution in [0.1, 0.15) is 25.3 Å². The van der Waals surface area contributed by atoms with Gasteiger partial charge in [-0.25, -0.2) is 4.98 Å². The van der Waals surface area contributed by atoms with Crippen LogP contribution in [0.3, 0.4) is 0 Å². The lowest BCUT2D eigenvalue weighted by atomic mass is 10.1. The molecule has 0 radical (unpaired) electrons. The van der Waals surface area contributed by atoms with Gasteiger partial charge >= 0.3 is 0 Å². The monoisotopic (exact) mass is 335 g/mol. The Labute approximate surface area is 146 Å². The predicted octanol–water partition coefficient (Wildman–Crippen LogP) is 3.38. The van der Waals surface area contributed by atoms with Gasteiger partial charge in [-0.2, -0.15) is 0 Å². The van der Waals surface area contributed by atoms with Crippen molar-refractivity contribution in [1.29, 1.82) is 0 Å². The molecule has 1 aromatic heterocycles. The highest BCUT2D eigenvalue weighted by molar-refractivity contribution is 5.90. The van der Waals surface area contributed by atoms with Crippen molar-refractivity contribution in [3.05, 3.63) is 70.8 Å².